The van der Waals surface area contributed by atoms with E-state index < -0.39 is 8.07 Å². The number of hydrogen-bond donors (Lipinski definition) is 0. The molecule has 0 atom stereocenters. The Bertz CT molecular complexity index is 1440. The minimum absolute atomic E-state index is 0.305. The third kappa shape index (κ3) is 6.83. The van der Waals surface area contributed by atoms with Crippen molar-refractivity contribution < 1.29 is 9.13 Å². The quantitative estimate of drug-likeness (QED) is 0.180. The molecule has 1 aliphatic rings. The summed E-state index contributed by atoms with van der Waals surface area (Å²) in [6, 6.07) is 16.1. The molecule has 1 aromatic carbocycles. The molecule has 1 saturated heterocycles. The second-order valence-corrected chi connectivity index (χ2v) is 17.5. The molecule has 210 valence electrons. The Hall–Kier alpha value is -3.40. The van der Waals surface area contributed by atoms with Crippen LogP contribution in [-0.2, 0) is 11.5 Å². The largest absolute Gasteiger partial charge is 0.368 e. The van der Waals surface area contributed by atoms with Crippen LogP contribution in [0.3, 0.4) is 0 Å². The van der Waals surface area contributed by atoms with Crippen molar-refractivity contribution in [1.29, 1.82) is 0 Å². The molecule has 40 heavy (non-hydrogen) atoms. The summed E-state index contributed by atoms with van der Waals surface area (Å²) in [6.45, 7) is 14.0. The maximum Gasteiger partial charge on any atom is 0.139 e. The standard InChI is InChI=1S/C31H39FN6OSi/c1-23-7-6-8-30(34-23)31-27(21-38(35-31)22-39-17-18-40(3,4)5)24-9-11-28(32)26(19-24)29-12-10-25(20-33-29)37-15-13-36(2)14-16-37/h6-12,19-21H,13-18,22H2,1-5H3. The van der Waals surface area contributed by atoms with E-state index in [0.717, 1.165) is 66.1 Å². The van der Waals surface area contributed by atoms with E-state index >= 15 is 4.39 Å². The van der Waals surface area contributed by atoms with Crippen LogP contribution in [0.4, 0.5) is 10.1 Å². The number of halogens is 1. The highest BCUT2D eigenvalue weighted by Crippen LogP contribution is 2.34. The summed E-state index contributed by atoms with van der Waals surface area (Å²) >= 11 is 0. The van der Waals surface area contributed by atoms with Crippen LogP contribution in [0.5, 0.6) is 0 Å². The lowest BCUT2D eigenvalue weighted by Gasteiger charge is -2.33. The molecule has 1 fully saturated rings. The van der Waals surface area contributed by atoms with Crippen molar-refractivity contribution in [2.45, 2.75) is 39.3 Å². The Kier molecular flexibility index (Phi) is 8.44. The first-order valence-corrected chi connectivity index (χ1v) is 17.7. The van der Waals surface area contributed by atoms with Gasteiger partial charge in [0.1, 0.15) is 18.2 Å². The van der Waals surface area contributed by atoms with Gasteiger partial charge in [-0.25, -0.2) is 9.07 Å². The molecule has 9 heteroatoms. The molecule has 0 spiro atoms. The first-order chi connectivity index (χ1) is 19.2. The number of anilines is 1. The maximum atomic E-state index is 15.1. The van der Waals surface area contributed by atoms with Crippen LogP contribution in [0.2, 0.25) is 25.7 Å². The minimum atomic E-state index is -1.18. The van der Waals surface area contributed by atoms with E-state index in [-0.39, 0.29) is 5.82 Å². The molecule has 0 saturated carbocycles. The first kappa shape index (κ1) is 28.1. The predicted octanol–water partition coefficient (Wildman–Crippen LogP) is 6.19. The van der Waals surface area contributed by atoms with Gasteiger partial charge in [0.15, 0.2) is 0 Å². The van der Waals surface area contributed by atoms with Gasteiger partial charge < -0.3 is 14.5 Å². The number of benzene rings is 1. The van der Waals surface area contributed by atoms with E-state index in [4.69, 9.17) is 14.8 Å². The minimum Gasteiger partial charge on any atom is -0.368 e. The molecule has 0 N–H and O–H groups in total. The molecule has 0 bridgehead atoms. The van der Waals surface area contributed by atoms with Crippen LogP contribution in [0.25, 0.3) is 33.8 Å². The van der Waals surface area contributed by atoms with Gasteiger partial charge in [-0.15, -0.1) is 0 Å². The van der Waals surface area contributed by atoms with Crippen molar-refractivity contribution in [2.75, 3.05) is 44.7 Å². The van der Waals surface area contributed by atoms with E-state index in [0.29, 0.717) is 24.6 Å². The van der Waals surface area contributed by atoms with Crippen molar-refractivity contribution in [2.24, 2.45) is 0 Å². The van der Waals surface area contributed by atoms with Crippen molar-refractivity contribution in [3.8, 4) is 33.8 Å². The van der Waals surface area contributed by atoms with Gasteiger partial charge in [0.25, 0.3) is 0 Å². The molecule has 0 aliphatic carbocycles. The molecule has 5 rings (SSSR count). The molecule has 7 nitrogen and oxygen atoms in total. The summed E-state index contributed by atoms with van der Waals surface area (Å²) in [7, 11) is 0.955. The summed E-state index contributed by atoms with van der Waals surface area (Å²) in [5.74, 6) is -0.305. The first-order valence-electron chi connectivity index (χ1n) is 14.0. The lowest BCUT2D eigenvalue weighted by Crippen LogP contribution is -2.44. The topological polar surface area (TPSA) is 59.3 Å². The highest BCUT2D eigenvalue weighted by Gasteiger charge is 2.19. The van der Waals surface area contributed by atoms with Gasteiger partial charge in [-0.1, -0.05) is 31.8 Å². The van der Waals surface area contributed by atoms with Gasteiger partial charge in [0, 0.05) is 63.9 Å². The average molecular weight is 559 g/mol. The third-order valence-electron chi connectivity index (χ3n) is 7.28. The fraction of sp³-hybridized carbons (Fsp3) is 0.387. The number of aromatic nitrogens is 4. The van der Waals surface area contributed by atoms with Crippen molar-refractivity contribution >= 4 is 13.8 Å². The molecular weight excluding hydrogens is 519 g/mol. The van der Waals surface area contributed by atoms with Crippen molar-refractivity contribution in [1.82, 2.24) is 24.6 Å². The van der Waals surface area contributed by atoms with E-state index in [1.54, 1.807) is 6.07 Å². The number of hydrogen-bond acceptors (Lipinski definition) is 6. The summed E-state index contributed by atoms with van der Waals surface area (Å²) in [5.41, 5.74) is 6.30. The van der Waals surface area contributed by atoms with E-state index in [9.17, 15) is 0 Å². The van der Waals surface area contributed by atoms with Crippen LogP contribution >= 0.6 is 0 Å². The highest BCUT2D eigenvalue weighted by molar-refractivity contribution is 6.76. The number of pyridine rings is 2. The zero-order valence-electron chi connectivity index (χ0n) is 24.2. The summed E-state index contributed by atoms with van der Waals surface area (Å²) in [5, 5.41) is 4.85. The Morgan fingerprint density at radius 1 is 0.950 bits per heavy atom. The number of ether oxygens (including phenoxy) is 1. The number of aryl methyl sites for hydroxylation is 1. The van der Waals surface area contributed by atoms with Crippen LogP contribution in [-0.4, -0.2) is 72.6 Å². The molecule has 3 aromatic heterocycles. The normalized spacial score (nSPS) is 14.6. The Morgan fingerprint density at radius 2 is 1.75 bits per heavy atom. The SMILES string of the molecule is Cc1cccc(-c2nn(COCC[Si](C)(C)C)cc2-c2ccc(F)c(-c3ccc(N4CCN(C)CC4)cn3)c2)n1. The van der Waals surface area contributed by atoms with Gasteiger partial charge in [-0.05, 0) is 62.0 Å². The third-order valence-corrected chi connectivity index (χ3v) is 8.99. The van der Waals surface area contributed by atoms with Crippen LogP contribution in [0.1, 0.15) is 5.69 Å². The van der Waals surface area contributed by atoms with E-state index in [1.165, 1.54) is 6.07 Å². The molecule has 4 heterocycles. The molecular formula is C31H39FN6OSi. The number of nitrogens with zero attached hydrogens (tertiary/aromatic N) is 6. The van der Waals surface area contributed by atoms with E-state index in [2.05, 4.69) is 41.5 Å². The summed E-state index contributed by atoms with van der Waals surface area (Å²) in [4.78, 5) is 14.0. The molecule has 4 aromatic rings. The monoisotopic (exact) mass is 558 g/mol. The maximum absolute atomic E-state index is 15.1. The fourth-order valence-corrected chi connectivity index (χ4v) is 5.54. The van der Waals surface area contributed by atoms with Crippen LogP contribution < -0.4 is 4.90 Å². The lowest BCUT2D eigenvalue weighted by molar-refractivity contribution is 0.0787. The zero-order valence-corrected chi connectivity index (χ0v) is 25.2. The predicted molar refractivity (Wildman–Crippen MR) is 163 cm³/mol. The van der Waals surface area contributed by atoms with E-state index in [1.807, 2.05) is 60.4 Å². The molecule has 1 aliphatic heterocycles. The van der Waals surface area contributed by atoms with Crippen molar-refractivity contribution in [3.63, 3.8) is 0 Å². The van der Waals surface area contributed by atoms with Gasteiger partial charge in [0.2, 0.25) is 0 Å². The van der Waals surface area contributed by atoms with Crippen molar-refractivity contribution in [3.05, 3.63) is 72.4 Å². The Morgan fingerprint density at radius 3 is 2.45 bits per heavy atom. The fourth-order valence-electron chi connectivity index (χ4n) is 4.79. The van der Waals surface area contributed by atoms with Gasteiger partial charge >= 0.3 is 0 Å². The van der Waals surface area contributed by atoms with Gasteiger partial charge in [0.05, 0.1) is 23.3 Å². The number of likely N-dealkylation sites (N-methyl/N-ethyl adjacent to an activating group) is 1. The number of piperazine rings is 1. The second-order valence-electron chi connectivity index (χ2n) is 11.8. The average Bonchev–Trinajstić information content (AvgIpc) is 3.36. The lowest BCUT2D eigenvalue weighted by atomic mass is 10.00. The Balaban J connectivity index is 1.44. The summed E-state index contributed by atoms with van der Waals surface area (Å²) < 4.78 is 22.9. The number of rotatable bonds is 9. The van der Waals surface area contributed by atoms with Crippen LogP contribution in [0, 0.1) is 12.7 Å². The Labute approximate surface area is 237 Å². The smallest absolute Gasteiger partial charge is 0.139 e. The van der Waals surface area contributed by atoms with Gasteiger partial charge in [-0.2, -0.15) is 5.10 Å². The second kappa shape index (κ2) is 12.0. The molecule has 0 unspecified atom stereocenters. The summed E-state index contributed by atoms with van der Waals surface area (Å²) in [6.07, 6.45) is 3.82. The zero-order chi connectivity index (χ0) is 28.3. The molecule has 0 amide bonds. The molecule has 0 radical (unpaired) electrons. The van der Waals surface area contributed by atoms with Crippen LogP contribution in [0.15, 0.2) is 60.9 Å². The van der Waals surface area contributed by atoms with Gasteiger partial charge in [-0.3, -0.25) is 9.97 Å². The highest BCUT2D eigenvalue weighted by atomic mass is 28.3.